The second-order valence-electron chi connectivity index (χ2n) is 9.31. The Kier molecular flexibility index (Phi) is 7.78. The number of nitrogens with one attached hydrogen (secondary N) is 1. The molecule has 3 rings (SSSR count). The average molecular weight is 439 g/mol. The molecule has 1 atom stereocenters. The van der Waals surface area contributed by atoms with E-state index in [0.29, 0.717) is 24.6 Å². The number of hydrogen-bond acceptors (Lipinski definition) is 4. The third kappa shape index (κ3) is 6.74. The second kappa shape index (κ2) is 10.5. The minimum Gasteiger partial charge on any atom is -0.497 e. The molecule has 6 nitrogen and oxygen atoms in total. The van der Waals surface area contributed by atoms with E-state index in [1.54, 1.807) is 36.3 Å². The summed E-state index contributed by atoms with van der Waals surface area (Å²) in [5, 5.41) is 3.21. The third-order valence-corrected chi connectivity index (χ3v) is 5.69. The lowest BCUT2D eigenvalue weighted by Gasteiger charge is -2.35. The van der Waals surface area contributed by atoms with Crippen molar-refractivity contribution in [1.82, 2.24) is 10.2 Å². The number of likely N-dealkylation sites (tertiary alicyclic amines) is 1. The molecule has 0 aromatic heterocycles. The maximum atomic E-state index is 12.9. The van der Waals surface area contributed by atoms with Crippen molar-refractivity contribution in [2.24, 2.45) is 5.92 Å². The molecule has 0 bridgehead atoms. The lowest BCUT2D eigenvalue weighted by atomic mass is 9.87. The molecule has 1 aliphatic heterocycles. The van der Waals surface area contributed by atoms with Gasteiger partial charge in [-0.3, -0.25) is 4.79 Å². The van der Waals surface area contributed by atoms with Gasteiger partial charge in [0.15, 0.2) is 0 Å². The first-order valence-electron chi connectivity index (χ1n) is 11.2. The first-order chi connectivity index (χ1) is 15.2. The summed E-state index contributed by atoms with van der Waals surface area (Å²) < 4.78 is 10.7. The van der Waals surface area contributed by atoms with E-state index in [0.717, 1.165) is 30.6 Å². The van der Waals surface area contributed by atoms with Crippen molar-refractivity contribution in [3.05, 3.63) is 65.7 Å². The van der Waals surface area contributed by atoms with Crippen molar-refractivity contribution >= 4 is 12.0 Å². The highest BCUT2D eigenvalue weighted by Crippen LogP contribution is 2.29. The number of piperidine rings is 1. The SMILES string of the molecule is COc1ccc(C(=O)NC(CC2CCN(C(=O)OC(C)(C)C)CC2)c2ccccc2)cc1. The molecule has 1 fully saturated rings. The van der Waals surface area contributed by atoms with Crippen molar-refractivity contribution in [1.29, 1.82) is 0 Å². The summed E-state index contributed by atoms with van der Waals surface area (Å²) >= 11 is 0. The van der Waals surface area contributed by atoms with Gasteiger partial charge in [0.25, 0.3) is 5.91 Å². The van der Waals surface area contributed by atoms with Crippen molar-refractivity contribution in [3.63, 3.8) is 0 Å². The fraction of sp³-hybridized carbons (Fsp3) is 0.462. The lowest BCUT2D eigenvalue weighted by molar-refractivity contribution is 0.0178. The monoisotopic (exact) mass is 438 g/mol. The molecule has 32 heavy (non-hydrogen) atoms. The number of nitrogens with zero attached hydrogens (tertiary/aromatic N) is 1. The number of methoxy groups -OCH3 is 1. The van der Waals surface area contributed by atoms with E-state index >= 15 is 0 Å². The molecule has 2 aromatic carbocycles. The summed E-state index contributed by atoms with van der Waals surface area (Å²) in [7, 11) is 1.61. The van der Waals surface area contributed by atoms with E-state index in [4.69, 9.17) is 9.47 Å². The van der Waals surface area contributed by atoms with E-state index in [1.807, 2.05) is 39.0 Å². The molecule has 1 unspecified atom stereocenters. The van der Waals surface area contributed by atoms with Gasteiger partial charge in [0, 0.05) is 18.7 Å². The largest absolute Gasteiger partial charge is 0.497 e. The molecule has 172 valence electrons. The summed E-state index contributed by atoms with van der Waals surface area (Å²) in [5.41, 5.74) is 1.20. The van der Waals surface area contributed by atoms with Crippen LogP contribution in [0, 0.1) is 5.92 Å². The Balaban J connectivity index is 1.63. The number of ether oxygens (including phenoxy) is 2. The van der Waals surface area contributed by atoms with Gasteiger partial charge >= 0.3 is 6.09 Å². The molecule has 0 saturated carbocycles. The molecular weight excluding hydrogens is 404 g/mol. The van der Waals surface area contributed by atoms with Crippen LogP contribution in [0.2, 0.25) is 0 Å². The molecule has 0 aliphatic carbocycles. The summed E-state index contributed by atoms with van der Waals surface area (Å²) in [6.45, 7) is 7.00. The molecule has 2 aromatic rings. The topological polar surface area (TPSA) is 67.9 Å². The van der Waals surface area contributed by atoms with Gasteiger partial charge in [-0.25, -0.2) is 4.79 Å². The van der Waals surface area contributed by atoms with Crippen LogP contribution < -0.4 is 10.1 Å². The highest BCUT2D eigenvalue weighted by molar-refractivity contribution is 5.94. The quantitative estimate of drug-likeness (QED) is 0.673. The van der Waals surface area contributed by atoms with Crippen molar-refractivity contribution in [3.8, 4) is 5.75 Å². The van der Waals surface area contributed by atoms with Gasteiger partial charge in [-0.1, -0.05) is 30.3 Å². The summed E-state index contributed by atoms with van der Waals surface area (Å²) in [6.07, 6.45) is 2.36. The van der Waals surface area contributed by atoms with Crippen LogP contribution in [0.15, 0.2) is 54.6 Å². The molecule has 0 radical (unpaired) electrons. The van der Waals surface area contributed by atoms with Crippen LogP contribution in [0.25, 0.3) is 0 Å². The molecular formula is C26H34N2O4. The summed E-state index contributed by atoms with van der Waals surface area (Å²) in [4.78, 5) is 27.1. The van der Waals surface area contributed by atoms with E-state index in [-0.39, 0.29) is 18.0 Å². The number of carbonyl (C=O) groups is 2. The van der Waals surface area contributed by atoms with Crippen LogP contribution in [0.5, 0.6) is 5.75 Å². The predicted molar refractivity (Wildman–Crippen MR) is 125 cm³/mol. The maximum Gasteiger partial charge on any atom is 0.410 e. The number of rotatable bonds is 6. The number of amides is 2. The summed E-state index contributed by atoms with van der Waals surface area (Å²) in [6, 6.07) is 17.1. The fourth-order valence-electron chi connectivity index (χ4n) is 3.96. The average Bonchev–Trinajstić information content (AvgIpc) is 2.78. The summed E-state index contributed by atoms with van der Waals surface area (Å²) in [5.74, 6) is 1.03. The lowest BCUT2D eigenvalue weighted by Crippen LogP contribution is -2.42. The van der Waals surface area contributed by atoms with Crippen molar-refractivity contribution in [2.45, 2.75) is 51.7 Å². The minimum absolute atomic E-state index is 0.0936. The first-order valence-corrected chi connectivity index (χ1v) is 11.2. The highest BCUT2D eigenvalue weighted by Gasteiger charge is 2.29. The maximum absolute atomic E-state index is 12.9. The normalized spacial score (nSPS) is 15.7. The zero-order chi connectivity index (χ0) is 23.1. The Morgan fingerprint density at radius 3 is 2.22 bits per heavy atom. The molecule has 0 spiro atoms. The van der Waals surface area contributed by atoms with E-state index in [2.05, 4.69) is 17.4 Å². The molecule has 6 heteroatoms. The van der Waals surface area contributed by atoms with Crippen LogP contribution in [-0.2, 0) is 4.74 Å². The zero-order valence-corrected chi connectivity index (χ0v) is 19.5. The van der Waals surface area contributed by atoms with Gasteiger partial charge in [0.2, 0.25) is 0 Å². The van der Waals surface area contributed by atoms with Crippen LogP contribution in [0.4, 0.5) is 4.79 Å². The molecule has 1 aliphatic rings. The highest BCUT2D eigenvalue weighted by atomic mass is 16.6. The first kappa shape index (κ1) is 23.6. The van der Waals surface area contributed by atoms with E-state index in [9.17, 15) is 9.59 Å². The fourth-order valence-corrected chi connectivity index (χ4v) is 3.96. The number of carbonyl (C=O) groups excluding carboxylic acids is 2. The van der Waals surface area contributed by atoms with Gasteiger partial charge in [-0.05, 0) is 75.8 Å². The molecule has 2 amide bonds. The number of benzene rings is 2. The van der Waals surface area contributed by atoms with Crippen LogP contribution in [0.1, 0.15) is 62.0 Å². The van der Waals surface area contributed by atoms with Gasteiger partial charge in [0.1, 0.15) is 11.4 Å². The Morgan fingerprint density at radius 1 is 1.03 bits per heavy atom. The number of hydrogen-bond donors (Lipinski definition) is 1. The van der Waals surface area contributed by atoms with Crippen LogP contribution in [0.3, 0.4) is 0 Å². The Morgan fingerprint density at radius 2 is 1.66 bits per heavy atom. The third-order valence-electron chi connectivity index (χ3n) is 5.69. The van der Waals surface area contributed by atoms with E-state index in [1.165, 1.54) is 0 Å². The van der Waals surface area contributed by atoms with Crippen LogP contribution in [-0.4, -0.2) is 42.7 Å². The Hall–Kier alpha value is -3.02. The van der Waals surface area contributed by atoms with Crippen LogP contribution >= 0.6 is 0 Å². The second-order valence-corrected chi connectivity index (χ2v) is 9.31. The molecule has 1 saturated heterocycles. The molecule has 1 N–H and O–H groups in total. The van der Waals surface area contributed by atoms with Gasteiger partial charge in [-0.15, -0.1) is 0 Å². The van der Waals surface area contributed by atoms with E-state index < -0.39 is 5.60 Å². The van der Waals surface area contributed by atoms with Gasteiger partial charge in [-0.2, -0.15) is 0 Å². The Labute approximate surface area is 190 Å². The standard InChI is InChI=1S/C26H34N2O4/c1-26(2,3)32-25(30)28-16-14-19(15-17-28)18-23(20-8-6-5-7-9-20)27-24(29)21-10-12-22(31-4)13-11-21/h5-13,19,23H,14-18H2,1-4H3,(H,27,29). The Bertz CT molecular complexity index is 882. The minimum atomic E-state index is -0.488. The van der Waals surface area contributed by atoms with Crippen molar-refractivity contribution < 1.29 is 19.1 Å². The van der Waals surface area contributed by atoms with Gasteiger partial charge < -0.3 is 19.7 Å². The zero-order valence-electron chi connectivity index (χ0n) is 19.5. The predicted octanol–water partition coefficient (Wildman–Crippen LogP) is 5.20. The molecule has 1 heterocycles. The van der Waals surface area contributed by atoms with Crippen molar-refractivity contribution in [2.75, 3.05) is 20.2 Å². The smallest absolute Gasteiger partial charge is 0.410 e. The van der Waals surface area contributed by atoms with Gasteiger partial charge in [0.05, 0.1) is 13.2 Å².